The van der Waals surface area contributed by atoms with Gasteiger partial charge in [-0.3, -0.25) is 10.1 Å². The van der Waals surface area contributed by atoms with Crippen molar-refractivity contribution in [3.8, 4) is 5.75 Å². The quantitative estimate of drug-likeness (QED) is 0.234. The summed E-state index contributed by atoms with van der Waals surface area (Å²) in [6.07, 6.45) is -2.85. The summed E-state index contributed by atoms with van der Waals surface area (Å²) >= 11 is 0. The molecule has 0 fully saturated rings. The molecule has 0 aliphatic heterocycles. The third-order valence-corrected chi connectivity index (χ3v) is 2.48. The fourth-order valence-corrected chi connectivity index (χ4v) is 1.54. The summed E-state index contributed by atoms with van der Waals surface area (Å²) in [5.74, 6) is -0.314. The zero-order valence-electron chi connectivity index (χ0n) is 9.75. The molecule has 0 heterocycles. The van der Waals surface area contributed by atoms with Crippen LogP contribution in [0.25, 0.3) is 10.4 Å². The summed E-state index contributed by atoms with van der Waals surface area (Å²) in [5, 5.41) is 42.7. The van der Waals surface area contributed by atoms with Crippen molar-refractivity contribution in [1.29, 1.82) is 0 Å². The number of phenolic OH excluding ortho intramolecular Hbond substituents is 1. The Labute approximate surface area is 107 Å². The van der Waals surface area contributed by atoms with E-state index in [1.165, 1.54) is 6.07 Å². The highest BCUT2D eigenvalue weighted by molar-refractivity contribution is 5.47. The molecule has 0 radical (unpaired) electrons. The number of hydrogen-bond acceptors (Lipinski definition) is 6. The number of rotatable bonds is 6. The van der Waals surface area contributed by atoms with Crippen LogP contribution in [0.4, 0.5) is 5.69 Å². The van der Waals surface area contributed by atoms with Crippen LogP contribution < -0.4 is 0 Å². The van der Waals surface area contributed by atoms with Gasteiger partial charge in [0.1, 0.15) is 11.9 Å². The lowest BCUT2D eigenvalue weighted by Crippen LogP contribution is -2.20. The number of benzene rings is 1. The van der Waals surface area contributed by atoms with Gasteiger partial charge in [-0.05, 0) is 24.1 Å². The number of aliphatic hydroxyl groups excluding tert-OH is 2. The van der Waals surface area contributed by atoms with Crippen LogP contribution in [0.2, 0.25) is 0 Å². The van der Waals surface area contributed by atoms with E-state index in [2.05, 4.69) is 10.0 Å². The molecule has 0 saturated heterocycles. The van der Waals surface area contributed by atoms with Gasteiger partial charge in [-0.1, -0.05) is 5.11 Å². The molecule has 0 amide bonds. The highest BCUT2D eigenvalue weighted by Gasteiger charge is 2.26. The summed E-state index contributed by atoms with van der Waals surface area (Å²) in [6.45, 7) is -0.0411. The number of nitro groups is 1. The predicted octanol–water partition coefficient (Wildman–Crippen LogP) is 1.40. The molecule has 1 aromatic rings. The van der Waals surface area contributed by atoms with E-state index in [0.29, 0.717) is 0 Å². The first-order chi connectivity index (χ1) is 8.97. The Kier molecular flexibility index (Phi) is 5.07. The molecule has 9 heteroatoms. The maximum absolute atomic E-state index is 10.8. The van der Waals surface area contributed by atoms with Crippen LogP contribution in [-0.2, 0) is 0 Å². The van der Waals surface area contributed by atoms with Crippen molar-refractivity contribution >= 4 is 5.69 Å². The Morgan fingerprint density at radius 1 is 1.47 bits per heavy atom. The van der Waals surface area contributed by atoms with E-state index in [1.54, 1.807) is 0 Å². The summed E-state index contributed by atoms with van der Waals surface area (Å²) in [4.78, 5) is 12.5. The number of aliphatic hydroxyl groups is 2. The lowest BCUT2D eigenvalue weighted by atomic mass is 10.0. The lowest BCUT2D eigenvalue weighted by molar-refractivity contribution is -0.386. The molecule has 19 heavy (non-hydrogen) atoms. The van der Waals surface area contributed by atoms with Gasteiger partial charge in [-0.25, -0.2) is 0 Å². The van der Waals surface area contributed by atoms with E-state index in [-0.39, 0.29) is 24.3 Å². The molecule has 0 bridgehead atoms. The summed E-state index contributed by atoms with van der Waals surface area (Å²) < 4.78 is 0. The summed E-state index contributed by atoms with van der Waals surface area (Å²) in [5.41, 5.74) is 7.47. The number of nitro benzene ring substituents is 1. The van der Waals surface area contributed by atoms with E-state index in [9.17, 15) is 25.4 Å². The molecule has 0 spiro atoms. The van der Waals surface area contributed by atoms with Gasteiger partial charge < -0.3 is 15.3 Å². The van der Waals surface area contributed by atoms with Crippen LogP contribution >= 0.6 is 0 Å². The van der Waals surface area contributed by atoms with E-state index in [0.717, 1.165) is 12.1 Å². The van der Waals surface area contributed by atoms with E-state index in [4.69, 9.17) is 5.53 Å². The zero-order valence-corrected chi connectivity index (χ0v) is 9.75. The minimum atomic E-state index is -1.50. The van der Waals surface area contributed by atoms with Crippen LogP contribution in [0.5, 0.6) is 5.75 Å². The predicted molar refractivity (Wildman–Crippen MR) is 64.4 cm³/mol. The smallest absolute Gasteiger partial charge is 0.278 e. The molecular formula is C10H12N4O5. The molecule has 1 aromatic carbocycles. The normalized spacial score (nSPS) is 13.4. The Hall–Kier alpha value is -2.35. The number of nitrogens with zero attached hydrogens (tertiary/aromatic N) is 4. The fourth-order valence-electron chi connectivity index (χ4n) is 1.54. The second-order valence-corrected chi connectivity index (χ2v) is 3.76. The lowest BCUT2D eigenvalue weighted by Gasteiger charge is -2.17. The number of phenols is 1. The van der Waals surface area contributed by atoms with Crippen LogP contribution in [0.3, 0.4) is 0 Å². The largest absolute Gasteiger partial charge is 0.508 e. The van der Waals surface area contributed by atoms with Gasteiger partial charge in [0.2, 0.25) is 0 Å². The van der Waals surface area contributed by atoms with Gasteiger partial charge in [-0.15, -0.1) is 0 Å². The Bertz CT molecular complexity index is 515. The standard InChI is InChI=1S/C10H12N4O5/c11-13-12-4-3-9(16)10(17)7-2-1-6(15)5-8(7)14(18)19/h1-2,5,9-10,15-17H,3-4H2. The van der Waals surface area contributed by atoms with Crippen LogP contribution in [0, 0.1) is 10.1 Å². The first kappa shape index (κ1) is 14.7. The van der Waals surface area contributed by atoms with Crippen LogP contribution in [0.1, 0.15) is 18.1 Å². The van der Waals surface area contributed by atoms with Gasteiger partial charge in [-0.2, -0.15) is 0 Å². The van der Waals surface area contributed by atoms with Crippen molar-refractivity contribution in [3.63, 3.8) is 0 Å². The molecule has 1 rings (SSSR count). The van der Waals surface area contributed by atoms with Crippen molar-refractivity contribution in [1.82, 2.24) is 0 Å². The molecule has 102 valence electrons. The molecule has 9 nitrogen and oxygen atoms in total. The van der Waals surface area contributed by atoms with Gasteiger partial charge in [0.15, 0.2) is 0 Å². The fraction of sp³-hybridized carbons (Fsp3) is 0.400. The number of azide groups is 1. The molecule has 3 N–H and O–H groups in total. The summed E-state index contributed by atoms with van der Waals surface area (Å²) in [7, 11) is 0. The molecular weight excluding hydrogens is 256 g/mol. The average Bonchev–Trinajstić information content (AvgIpc) is 2.38. The Balaban J connectivity index is 2.95. The van der Waals surface area contributed by atoms with Crippen molar-refractivity contribution < 1.29 is 20.2 Å². The van der Waals surface area contributed by atoms with Crippen molar-refractivity contribution in [2.24, 2.45) is 5.11 Å². The monoisotopic (exact) mass is 268 g/mol. The number of aromatic hydroxyl groups is 1. The van der Waals surface area contributed by atoms with Crippen LogP contribution in [-0.4, -0.2) is 32.9 Å². The highest BCUT2D eigenvalue weighted by Crippen LogP contribution is 2.31. The zero-order chi connectivity index (χ0) is 14.4. The van der Waals surface area contributed by atoms with Gasteiger partial charge in [0.05, 0.1) is 22.7 Å². The second-order valence-electron chi connectivity index (χ2n) is 3.76. The average molecular weight is 268 g/mol. The molecule has 2 unspecified atom stereocenters. The summed E-state index contributed by atoms with van der Waals surface area (Å²) in [6, 6.07) is 3.22. The minimum absolute atomic E-state index is 0.0384. The van der Waals surface area contributed by atoms with E-state index in [1.807, 2.05) is 0 Å². The van der Waals surface area contributed by atoms with Crippen molar-refractivity contribution in [2.45, 2.75) is 18.6 Å². The molecule has 2 atom stereocenters. The first-order valence-electron chi connectivity index (χ1n) is 5.31. The van der Waals surface area contributed by atoms with Gasteiger partial charge in [0, 0.05) is 11.5 Å². The molecule has 0 aliphatic carbocycles. The molecule has 0 saturated carbocycles. The number of hydrogen-bond donors (Lipinski definition) is 3. The third-order valence-electron chi connectivity index (χ3n) is 2.48. The van der Waals surface area contributed by atoms with Gasteiger partial charge >= 0.3 is 0 Å². The topological polar surface area (TPSA) is 153 Å². The van der Waals surface area contributed by atoms with E-state index >= 15 is 0 Å². The van der Waals surface area contributed by atoms with Crippen molar-refractivity contribution in [3.05, 3.63) is 44.3 Å². The maximum atomic E-state index is 10.8. The Morgan fingerprint density at radius 3 is 2.74 bits per heavy atom. The highest BCUT2D eigenvalue weighted by atomic mass is 16.6. The maximum Gasteiger partial charge on any atom is 0.278 e. The minimum Gasteiger partial charge on any atom is -0.508 e. The molecule has 0 aromatic heterocycles. The third kappa shape index (κ3) is 3.81. The van der Waals surface area contributed by atoms with Crippen LogP contribution in [0.15, 0.2) is 23.3 Å². The van der Waals surface area contributed by atoms with E-state index < -0.39 is 22.8 Å². The SMILES string of the molecule is [N-]=[N+]=NCCC(O)C(O)c1ccc(O)cc1[N+](=O)[O-]. The first-order valence-corrected chi connectivity index (χ1v) is 5.31. The van der Waals surface area contributed by atoms with Gasteiger partial charge in [0.25, 0.3) is 5.69 Å². The molecule has 0 aliphatic rings. The van der Waals surface area contributed by atoms with Crippen molar-refractivity contribution in [2.75, 3.05) is 6.54 Å². The Morgan fingerprint density at radius 2 is 2.16 bits per heavy atom. The second kappa shape index (κ2) is 6.55.